The van der Waals surface area contributed by atoms with Crippen molar-refractivity contribution in [3.05, 3.63) is 144 Å². The molecule has 2 nitrogen and oxygen atoms in total. The number of benzene rings is 4. The third-order valence-corrected chi connectivity index (χ3v) is 7.44. The molecule has 2 aromatic heterocycles. The van der Waals surface area contributed by atoms with Crippen LogP contribution in [0, 0.1) is 26.0 Å². The Kier molecular flexibility index (Phi) is 7.81. The summed E-state index contributed by atoms with van der Waals surface area (Å²) in [5, 5.41) is 1.25. The molecule has 6 aromatic rings. The quantitative estimate of drug-likeness (QED) is 0.169. The van der Waals surface area contributed by atoms with Crippen LogP contribution >= 0.6 is 0 Å². The first-order chi connectivity index (χ1) is 18.9. The Labute approximate surface area is 250 Å². The first kappa shape index (κ1) is 27.6. The molecule has 1 radical (unpaired) electrons. The van der Waals surface area contributed by atoms with Gasteiger partial charge in [0.1, 0.15) is 0 Å². The molecule has 0 amide bonds. The molecule has 2 heterocycles. The molecule has 0 unspecified atom stereocenters. The molecule has 0 fully saturated rings. The Bertz CT molecular complexity index is 1770. The molecule has 199 valence electrons. The van der Waals surface area contributed by atoms with Gasteiger partial charge in [0.25, 0.3) is 0 Å². The predicted molar refractivity (Wildman–Crippen MR) is 162 cm³/mol. The van der Waals surface area contributed by atoms with Crippen LogP contribution in [-0.4, -0.2) is 9.97 Å². The molecule has 1 aliphatic rings. The van der Waals surface area contributed by atoms with Gasteiger partial charge in [-0.3, -0.25) is 4.98 Å². The maximum absolute atomic E-state index is 5.05. The van der Waals surface area contributed by atoms with E-state index in [0.29, 0.717) is 0 Å². The van der Waals surface area contributed by atoms with Gasteiger partial charge in [0.05, 0.1) is 5.52 Å². The Morgan fingerprint density at radius 1 is 0.750 bits per heavy atom. The molecule has 0 bridgehead atoms. The fourth-order valence-electron chi connectivity index (χ4n) is 5.80. The average molecular weight is 695 g/mol. The zero-order valence-corrected chi connectivity index (χ0v) is 25.5. The van der Waals surface area contributed by atoms with Crippen molar-refractivity contribution in [2.24, 2.45) is 0 Å². The molecule has 0 saturated heterocycles. The van der Waals surface area contributed by atoms with Crippen LogP contribution in [0.15, 0.2) is 109 Å². The van der Waals surface area contributed by atoms with Gasteiger partial charge < -0.3 is 4.98 Å². The normalized spacial score (nSPS) is 12.5. The number of hydrogen-bond acceptors (Lipinski definition) is 2. The summed E-state index contributed by atoms with van der Waals surface area (Å²) in [6.07, 6.45) is 1.81. The average Bonchev–Trinajstić information content (AvgIpc) is 3.21. The second-order valence-corrected chi connectivity index (χ2v) is 10.6. The van der Waals surface area contributed by atoms with Crippen LogP contribution in [0.2, 0.25) is 0 Å². The Balaban J connectivity index is 0.000000184. The van der Waals surface area contributed by atoms with Crippen molar-refractivity contribution >= 4 is 10.9 Å². The SMILES string of the molecule is CC1(C)c2ccccc2-c2c(-c3[c-]cccc3)nc3ccccc3c21.Cc1[c-]c(-c2ccccn2)cc(C)c1.[Ir]. The molecule has 0 saturated carbocycles. The summed E-state index contributed by atoms with van der Waals surface area (Å²) in [4.78, 5) is 9.35. The summed E-state index contributed by atoms with van der Waals surface area (Å²) >= 11 is 0. The minimum atomic E-state index is -0.0437. The van der Waals surface area contributed by atoms with Gasteiger partial charge in [-0.2, -0.15) is 0 Å². The summed E-state index contributed by atoms with van der Waals surface area (Å²) < 4.78 is 0. The number of pyridine rings is 2. The maximum Gasteiger partial charge on any atom is 0.0598 e. The van der Waals surface area contributed by atoms with Gasteiger partial charge in [-0.1, -0.05) is 82.3 Å². The Morgan fingerprint density at radius 2 is 1.50 bits per heavy atom. The standard InChI is InChI=1S/C24H18N.C13H12N.Ir/c1-24(2)19-14-8-6-12-17(19)21-22(24)18-13-7-9-15-20(18)25-23(21)16-10-4-3-5-11-16;1-10-7-11(2)9-12(8-10)13-5-3-4-6-14-13;/h3-10,12-15H,1-2H3;3-8H,1-2H3;/q2*-1;. The number of fused-ring (bicyclic) bond motifs is 5. The molecular formula is C37H30IrN2-2. The van der Waals surface area contributed by atoms with E-state index < -0.39 is 0 Å². The van der Waals surface area contributed by atoms with E-state index in [4.69, 9.17) is 4.98 Å². The van der Waals surface area contributed by atoms with E-state index in [-0.39, 0.29) is 25.5 Å². The van der Waals surface area contributed by atoms with Crippen molar-refractivity contribution in [1.82, 2.24) is 9.97 Å². The zero-order valence-electron chi connectivity index (χ0n) is 23.1. The smallest absolute Gasteiger partial charge is 0.0598 e. The summed E-state index contributed by atoms with van der Waals surface area (Å²) in [6, 6.07) is 42.2. The van der Waals surface area contributed by atoms with Crippen LogP contribution in [0.3, 0.4) is 0 Å². The summed E-state index contributed by atoms with van der Waals surface area (Å²) in [7, 11) is 0. The van der Waals surface area contributed by atoms with Gasteiger partial charge in [-0.25, -0.2) is 0 Å². The first-order valence-electron chi connectivity index (χ1n) is 13.4. The van der Waals surface area contributed by atoms with E-state index >= 15 is 0 Å². The van der Waals surface area contributed by atoms with E-state index in [1.165, 1.54) is 33.2 Å². The van der Waals surface area contributed by atoms with E-state index in [1.807, 2.05) is 30.3 Å². The van der Waals surface area contributed by atoms with E-state index in [2.05, 4.69) is 118 Å². The minimum absolute atomic E-state index is 0. The topological polar surface area (TPSA) is 25.8 Å². The van der Waals surface area contributed by atoms with Gasteiger partial charge >= 0.3 is 0 Å². The van der Waals surface area contributed by atoms with Gasteiger partial charge in [-0.05, 0) is 45.8 Å². The fraction of sp³-hybridized carbons (Fsp3) is 0.135. The van der Waals surface area contributed by atoms with Crippen molar-refractivity contribution in [2.45, 2.75) is 33.1 Å². The number of nitrogens with zero attached hydrogens (tertiary/aromatic N) is 2. The van der Waals surface area contributed by atoms with Crippen molar-refractivity contribution in [1.29, 1.82) is 0 Å². The van der Waals surface area contributed by atoms with E-state index in [1.54, 1.807) is 6.20 Å². The molecule has 0 N–H and O–H groups in total. The number of aryl methyl sites for hydroxylation is 2. The van der Waals surface area contributed by atoms with Crippen LogP contribution in [0.4, 0.5) is 0 Å². The molecule has 3 heteroatoms. The summed E-state index contributed by atoms with van der Waals surface area (Å²) in [5.74, 6) is 0. The molecule has 7 rings (SSSR count). The molecule has 4 aromatic carbocycles. The molecule has 0 atom stereocenters. The molecular weight excluding hydrogens is 665 g/mol. The van der Waals surface area contributed by atoms with Crippen molar-refractivity contribution in [3.63, 3.8) is 0 Å². The van der Waals surface area contributed by atoms with Crippen LogP contribution in [0.1, 0.15) is 36.1 Å². The van der Waals surface area contributed by atoms with Gasteiger partial charge in [0.15, 0.2) is 0 Å². The summed E-state index contributed by atoms with van der Waals surface area (Å²) in [6.45, 7) is 8.79. The Morgan fingerprint density at radius 3 is 2.25 bits per heavy atom. The summed E-state index contributed by atoms with van der Waals surface area (Å²) in [5.41, 5.74) is 12.9. The van der Waals surface area contributed by atoms with Crippen LogP contribution < -0.4 is 0 Å². The van der Waals surface area contributed by atoms with Crippen molar-refractivity contribution < 1.29 is 20.1 Å². The maximum atomic E-state index is 5.05. The fourth-order valence-corrected chi connectivity index (χ4v) is 5.80. The molecule has 40 heavy (non-hydrogen) atoms. The number of hydrogen-bond donors (Lipinski definition) is 0. The van der Waals surface area contributed by atoms with Gasteiger partial charge in [-0.15, -0.1) is 70.8 Å². The largest absolute Gasteiger partial charge is 0.305 e. The van der Waals surface area contributed by atoms with Gasteiger partial charge in [0.2, 0.25) is 0 Å². The predicted octanol–water partition coefficient (Wildman–Crippen LogP) is 9.17. The molecule has 1 aliphatic carbocycles. The number of aromatic nitrogens is 2. The third kappa shape index (κ3) is 5.04. The van der Waals surface area contributed by atoms with E-state index in [9.17, 15) is 0 Å². The second-order valence-electron chi connectivity index (χ2n) is 10.6. The third-order valence-electron chi connectivity index (χ3n) is 7.44. The van der Waals surface area contributed by atoms with E-state index in [0.717, 1.165) is 33.6 Å². The van der Waals surface area contributed by atoms with Crippen LogP contribution in [0.25, 0.3) is 44.5 Å². The second kappa shape index (κ2) is 11.3. The van der Waals surface area contributed by atoms with Crippen LogP contribution in [0.5, 0.6) is 0 Å². The monoisotopic (exact) mass is 695 g/mol. The molecule has 0 spiro atoms. The van der Waals surface area contributed by atoms with Crippen molar-refractivity contribution in [2.75, 3.05) is 0 Å². The number of rotatable bonds is 2. The van der Waals surface area contributed by atoms with Gasteiger partial charge in [0, 0.05) is 37.1 Å². The minimum Gasteiger partial charge on any atom is -0.305 e. The first-order valence-corrected chi connectivity index (χ1v) is 13.4. The zero-order chi connectivity index (χ0) is 27.0. The number of para-hydroxylation sites is 1. The Hall–Kier alpha value is -3.91. The van der Waals surface area contributed by atoms with Crippen molar-refractivity contribution in [3.8, 4) is 33.6 Å². The molecule has 0 aliphatic heterocycles. The van der Waals surface area contributed by atoms with Crippen LogP contribution in [-0.2, 0) is 25.5 Å².